The van der Waals surface area contributed by atoms with Gasteiger partial charge in [-0.2, -0.15) is 0 Å². The summed E-state index contributed by atoms with van der Waals surface area (Å²) in [7, 11) is 1.51. The molecule has 2 heterocycles. The van der Waals surface area contributed by atoms with Crippen molar-refractivity contribution in [2.45, 2.75) is 32.4 Å². The Kier molecular flexibility index (Phi) is 7.09. The molecule has 10 heteroatoms. The van der Waals surface area contributed by atoms with E-state index >= 15 is 4.39 Å². The van der Waals surface area contributed by atoms with E-state index in [-0.39, 0.29) is 28.9 Å². The molecule has 0 fully saturated rings. The van der Waals surface area contributed by atoms with E-state index in [0.717, 1.165) is 0 Å². The molecule has 4 aromatic rings. The van der Waals surface area contributed by atoms with Crippen LogP contribution < -0.4 is 9.64 Å². The summed E-state index contributed by atoms with van der Waals surface area (Å²) in [5, 5.41) is 9.75. The van der Waals surface area contributed by atoms with E-state index < -0.39 is 23.7 Å². The average molecular weight is 568 g/mol. The van der Waals surface area contributed by atoms with Gasteiger partial charge in [-0.3, -0.25) is 14.5 Å². The monoisotopic (exact) mass is 567 g/mol. The predicted molar refractivity (Wildman–Crippen MR) is 147 cm³/mol. The lowest BCUT2D eigenvalue weighted by atomic mass is 10.0. The molecule has 1 atom stereocenters. The average Bonchev–Trinajstić information content (AvgIpc) is 3.41. The van der Waals surface area contributed by atoms with Gasteiger partial charge < -0.3 is 14.4 Å². The Morgan fingerprint density at radius 3 is 2.49 bits per heavy atom. The van der Waals surface area contributed by atoms with Crippen molar-refractivity contribution in [3.8, 4) is 17.1 Å². The van der Waals surface area contributed by atoms with Gasteiger partial charge >= 0.3 is 5.97 Å². The quantitative estimate of drug-likeness (QED) is 0.261. The number of nitrogens with zero attached hydrogens (tertiary/aromatic N) is 3. The molecule has 1 N–H and O–H groups in total. The van der Waals surface area contributed by atoms with Crippen molar-refractivity contribution in [3.63, 3.8) is 0 Å². The minimum absolute atomic E-state index is 0.0309. The number of aliphatic carboxylic acids is 1. The van der Waals surface area contributed by atoms with Gasteiger partial charge in [0.25, 0.3) is 5.91 Å². The zero-order valence-electron chi connectivity index (χ0n) is 21.3. The molecule has 0 aliphatic carbocycles. The molecular weight excluding hydrogens is 544 g/mol. The zero-order chi connectivity index (χ0) is 28.0. The third-order valence-corrected chi connectivity index (χ3v) is 7.18. The van der Waals surface area contributed by atoms with Gasteiger partial charge in [0.15, 0.2) is 11.5 Å². The summed E-state index contributed by atoms with van der Waals surface area (Å²) >= 11 is 12.3. The number of imidazole rings is 1. The molecule has 3 aromatic carbocycles. The summed E-state index contributed by atoms with van der Waals surface area (Å²) in [5.74, 6) is -1.26. The van der Waals surface area contributed by atoms with E-state index in [1.165, 1.54) is 24.1 Å². The number of ether oxygens (including phenoxy) is 1. The van der Waals surface area contributed by atoms with Crippen molar-refractivity contribution in [1.29, 1.82) is 0 Å². The summed E-state index contributed by atoms with van der Waals surface area (Å²) in [5.41, 5.74) is 2.55. The van der Waals surface area contributed by atoms with E-state index in [1.807, 2.05) is 18.4 Å². The fourth-order valence-corrected chi connectivity index (χ4v) is 5.32. The predicted octanol–water partition coefficient (Wildman–Crippen LogP) is 6.96. The lowest BCUT2D eigenvalue weighted by Gasteiger charge is -2.29. The fourth-order valence-electron chi connectivity index (χ4n) is 5.02. The van der Waals surface area contributed by atoms with Crippen LogP contribution in [0.4, 0.5) is 10.1 Å². The van der Waals surface area contributed by atoms with Gasteiger partial charge in [-0.15, -0.1) is 0 Å². The van der Waals surface area contributed by atoms with Crippen LogP contribution in [0.5, 0.6) is 5.75 Å². The van der Waals surface area contributed by atoms with Crippen LogP contribution in [-0.2, 0) is 11.2 Å². The minimum atomic E-state index is -0.974. The maximum absolute atomic E-state index is 15.3. The van der Waals surface area contributed by atoms with Crippen molar-refractivity contribution in [3.05, 3.63) is 99.0 Å². The van der Waals surface area contributed by atoms with E-state index in [2.05, 4.69) is 0 Å². The lowest BCUT2D eigenvalue weighted by Crippen LogP contribution is -2.31. The van der Waals surface area contributed by atoms with Crippen LogP contribution in [0.25, 0.3) is 11.4 Å². The molecule has 39 heavy (non-hydrogen) atoms. The molecule has 200 valence electrons. The Hall–Kier alpha value is -3.88. The Morgan fingerprint density at radius 2 is 1.85 bits per heavy atom. The van der Waals surface area contributed by atoms with Crippen LogP contribution in [0.1, 0.15) is 53.2 Å². The highest BCUT2D eigenvalue weighted by Gasteiger charge is 2.45. The third-order valence-electron chi connectivity index (χ3n) is 6.64. The van der Waals surface area contributed by atoms with E-state index in [0.29, 0.717) is 39.0 Å². The summed E-state index contributed by atoms with van der Waals surface area (Å²) in [4.78, 5) is 31.5. The number of methoxy groups -OCH3 is 1. The first kappa shape index (κ1) is 26.7. The van der Waals surface area contributed by atoms with Gasteiger partial charge in [0, 0.05) is 11.1 Å². The second kappa shape index (κ2) is 10.4. The highest BCUT2D eigenvalue weighted by molar-refractivity contribution is 6.31. The smallest absolute Gasteiger partial charge is 0.307 e. The van der Waals surface area contributed by atoms with E-state index in [1.54, 1.807) is 48.5 Å². The molecular formula is C29H24Cl2FN3O4. The van der Waals surface area contributed by atoms with Gasteiger partial charge in [0.2, 0.25) is 0 Å². The second-order valence-corrected chi connectivity index (χ2v) is 10.3. The van der Waals surface area contributed by atoms with Crippen LogP contribution in [0.2, 0.25) is 10.0 Å². The lowest BCUT2D eigenvalue weighted by molar-refractivity contribution is -0.136. The van der Waals surface area contributed by atoms with Gasteiger partial charge in [0.05, 0.1) is 35.5 Å². The maximum Gasteiger partial charge on any atom is 0.307 e. The third kappa shape index (κ3) is 4.64. The fraction of sp³-hybridized carbons (Fsp3) is 0.207. The Bertz CT molecular complexity index is 1600. The first-order valence-electron chi connectivity index (χ1n) is 12.2. The number of benzene rings is 3. The molecule has 0 saturated heterocycles. The highest BCUT2D eigenvalue weighted by atomic mass is 35.5. The van der Waals surface area contributed by atoms with E-state index in [9.17, 15) is 14.7 Å². The first-order valence-corrected chi connectivity index (χ1v) is 12.9. The van der Waals surface area contributed by atoms with Crippen LogP contribution in [-0.4, -0.2) is 33.6 Å². The minimum Gasteiger partial charge on any atom is -0.496 e. The molecule has 0 radical (unpaired) electrons. The zero-order valence-corrected chi connectivity index (χ0v) is 22.8. The van der Waals surface area contributed by atoms with Crippen molar-refractivity contribution in [2.24, 2.45) is 0 Å². The molecule has 1 amide bonds. The van der Waals surface area contributed by atoms with Gasteiger partial charge in [0.1, 0.15) is 17.6 Å². The molecule has 0 spiro atoms. The summed E-state index contributed by atoms with van der Waals surface area (Å²) in [6.07, 6.45) is -0.187. The normalized spacial score (nSPS) is 14.7. The van der Waals surface area contributed by atoms with Crippen molar-refractivity contribution in [1.82, 2.24) is 9.55 Å². The molecule has 0 saturated carbocycles. The maximum atomic E-state index is 15.3. The van der Waals surface area contributed by atoms with Gasteiger partial charge in [-0.1, -0.05) is 47.5 Å². The van der Waals surface area contributed by atoms with Crippen molar-refractivity contribution in [2.75, 3.05) is 12.0 Å². The number of carbonyl (C=O) groups is 2. The van der Waals surface area contributed by atoms with Crippen molar-refractivity contribution < 1.29 is 23.8 Å². The number of halogens is 3. The number of rotatable bonds is 7. The summed E-state index contributed by atoms with van der Waals surface area (Å²) < 4.78 is 22.8. The Labute approximate surface area is 234 Å². The first-order chi connectivity index (χ1) is 18.6. The molecule has 1 unspecified atom stereocenters. The summed E-state index contributed by atoms with van der Waals surface area (Å²) in [6.45, 7) is 3.90. The standard InChI is InChI=1S/C29H24Cl2FN3O4/c1-15(2)34-27-25(33-28(34)19-13-16(14-23(36)37)7-12-22(19)39-3)29(38)35(21-6-4-5-20(31)24(21)32)26(27)17-8-10-18(30)11-9-17/h4-13,15,26H,14H2,1-3H3,(H,36,37). The number of carboxylic acids is 1. The number of anilines is 1. The Morgan fingerprint density at radius 1 is 1.13 bits per heavy atom. The highest BCUT2D eigenvalue weighted by Crippen LogP contribution is 2.46. The number of carbonyl (C=O) groups excluding carboxylic acids is 1. The molecule has 0 bridgehead atoms. The van der Waals surface area contributed by atoms with Crippen LogP contribution in [0, 0.1) is 5.82 Å². The molecule has 5 rings (SSSR count). The second-order valence-electron chi connectivity index (χ2n) is 9.44. The SMILES string of the molecule is COc1ccc(CC(=O)O)cc1-c1nc2c(n1C(C)C)C(c1ccc(Cl)cc1)N(c1cccc(Cl)c1F)C2=O. The van der Waals surface area contributed by atoms with Gasteiger partial charge in [-0.25, -0.2) is 9.37 Å². The number of hydrogen-bond donors (Lipinski definition) is 1. The molecule has 7 nitrogen and oxygen atoms in total. The topological polar surface area (TPSA) is 84.7 Å². The molecule has 1 aliphatic rings. The number of fused-ring (bicyclic) bond motifs is 1. The Balaban J connectivity index is 1.79. The number of hydrogen-bond acceptors (Lipinski definition) is 4. The largest absolute Gasteiger partial charge is 0.496 e. The number of carboxylic acid groups (broad SMARTS) is 1. The summed E-state index contributed by atoms with van der Waals surface area (Å²) in [6, 6.07) is 15.7. The van der Waals surface area contributed by atoms with Crippen molar-refractivity contribution >= 4 is 40.8 Å². The molecule has 1 aliphatic heterocycles. The number of amides is 1. The van der Waals surface area contributed by atoms with Crippen LogP contribution in [0.15, 0.2) is 60.7 Å². The van der Waals surface area contributed by atoms with Crippen LogP contribution >= 0.6 is 23.2 Å². The number of aromatic nitrogens is 2. The molecule has 1 aromatic heterocycles. The van der Waals surface area contributed by atoms with Gasteiger partial charge in [-0.05, 0) is 61.4 Å². The van der Waals surface area contributed by atoms with E-state index in [4.69, 9.17) is 32.9 Å². The van der Waals surface area contributed by atoms with Crippen LogP contribution in [0.3, 0.4) is 0 Å².